The lowest BCUT2D eigenvalue weighted by Gasteiger charge is -2.37. The van der Waals surface area contributed by atoms with E-state index in [2.05, 4.69) is 16.5 Å². The number of carbonyl (C=O) groups is 1. The zero-order valence-corrected chi connectivity index (χ0v) is 16.0. The third-order valence-electron chi connectivity index (χ3n) is 5.20. The maximum Gasteiger partial charge on any atom is 0.253 e. The minimum Gasteiger partial charge on any atom is -0.497 e. The van der Waals surface area contributed by atoms with Crippen LogP contribution in [0.4, 0.5) is 0 Å². The van der Waals surface area contributed by atoms with Crippen LogP contribution in [0.1, 0.15) is 15.9 Å². The lowest BCUT2D eigenvalue weighted by atomic mass is 10.1. The van der Waals surface area contributed by atoms with Crippen LogP contribution in [0, 0.1) is 0 Å². The molecule has 0 radical (unpaired) electrons. The van der Waals surface area contributed by atoms with Crippen molar-refractivity contribution in [2.24, 2.45) is 0 Å². The fraction of sp³-hybridized carbons (Fsp3) is 0.217. The molecule has 0 N–H and O–H groups in total. The van der Waals surface area contributed by atoms with Gasteiger partial charge in [0, 0.05) is 54.6 Å². The number of amides is 1. The van der Waals surface area contributed by atoms with Crippen molar-refractivity contribution in [1.82, 2.24) is 14.8 Å². The second-order valence-electron chi connectivity index (χ2n) is 6.87. The average Bonchev–Trinajstić information content (AvgIpc) is 2.78. The van der Waals surface area contributed by atoms with E-state index in [-0.39, 0.29) is 5.91 Å². The monoisotopic (exact) mass is 373 g/mol. The van der Waals surface area contributed by atoms with E-state index < -0.39 is 0 Å². The molecule has 0 bridgehead atoms. The highest BCUT2D eigenvalue weighted by Gasteiger charge is 2.23. The van der Waals surface area contributed by atoms with Gasteiger partial charge in [0.1, 0.15) is 5.75 Å². The van der Waals surface area contributed by atoms with E-state index in [9.17, 15) is 4.79 Å². The number of piperazine rings is 1. The van der Waals surface area contributed by atoms with Crippen molar-refractivity contribution in [3.05, 3.63) is 78.5 Å². The molecule has 2 aromatic carbocycles. The molecular formula is C23H23N3O2. The molecule has 1 amide bonds. The van der Waals surface area contributed by atoms with Crippen molar-refractivity contribution in [3.63, 3.8) is 0 Å². The van der Waals surface area contributed by atoms with Crippen LogP contribution in [0.3, 0.4) is 0 Å². The summed E-state index contributed by atoms with van der Waals surface area (Å²) in [5, 5.41) is 0.985. The van der Waals surface area contributed by atoms with E-state index in [1.54, 1.807) is 13.3 Å². The minimum atomic E-state index is 0.0670. The number of nitrogens with zero attached hydrogens (tertiary/aromatic N) is 3. The van der Waals surface area contributed by atoms with Gasteiger partial charge in [0.25, 0.3) is 5.91 Å². The summed E-state index contributed by atoms with van der Waals surface area (Å²) in [6.45, 7) is 7.11. The van der Waals surface area contributed by atoms with Gasteiger partial charge in [0.05, 0.1) is 12.6 Å². The van der Waals surface area contributed by atoms with Gasteiger partial charge in [-0.2, -0.15) is 0 Å². The van der Waals surface area contributed by atoms with Gasteiger partial charge in [-0.05, 0) is 36.4 Å². The summed E-state index contributed by atoms with van der Waals surface area (Å²) in [6, 6.07) is 17.5. The lowest BCUT2D eigenvalue weighted by molar-refractivity contribution is 0.0686. The average molecular weight is 373 g/mol. The number of fused-ring (bicyclic) bond motifs is 1. The molecule has 142 valence electrons. The maximum absolute atomic E-state index is 12.9. The largest absolute Gasteiger partial charge is 0.497 e. The number of hydrogen-bond donors (Lipinski definition) is 0. The standard InChI is InChI=1S/C23H23N3O2/c1-17(18-5-3-7-21(16-18)28-2)25-11-13-26(14-12-25)23(27)20-8-9-22-19(15-20)6-4-10-24-22/h3-10,15-16H,1,11-14H2,2H3. The fourth-order valence-corrected chi connectivity index (χ4v) is 3.56. The predicted molar refractivity (Wildman–Crippen MR) is 111 cm³/mol. The third-order valence-corrected chi connectivity index (χ3v) is 5.20. The maximum atomic E-state index is 12.9. The van der Waals surface area contributed by atoms with Gasteiger partial charge in [-0.15, -0.1) is 0 Å². The molecule has 1 aromatic heterocycles. The number of hydrogen-bond acceptors (Lipinski definition) is 4. The second-order valence-corrected chi connectivity index (χ2v) is 6.87. The smallest absolute Gasteiger partial charge is 0.253 e. The minimum absolute atomic E-state index is 0.0670. The molecule has 0 spiro atoms. The van der Waals surface area contributed by atoms with E-state index in [1.165, 1.54) is 0 Å². The highest BCUT2D eigenvalue weighted by Crippen LogP contribution is 2.23. The molecule has 5 nitrogen and oxygen atoms in total. The molecule has 1 saturated heterocycles. The van der Waals surface area contributed by atoms with Gasteiger partial charge in [-0.25, -0.2) is 0 Å². The fourth-order valence-electron chi connectivity index (χ4n) is 3.56. The topological polar surface area (TPSA) is 45.7 Å². The predicted octanol–water partition coefficient (Wildman–Crippen LogP) is 3.67. The van der Waals surface area contributed by atoms with Crippen LogP contribution in [-0.2, 0) is 0 Å². The molecule has 1 fully saturated rings. The lowest BCUT2D eigenvalue weighted by Crippen LogP contribution is -2.47. The van der Waals surface area contributed by atoms with Crippen LogP contribution >= 0.6 is 0 Å². The van der Waals surface area contributed by atoms with Crippen molar-refractivity contribution in [2.45, 2.75) is 0 Å². The molecular weight excluding hydrogens is 350 g/mol. The summed E-state index contributed by atoms with van der Waals surface area (Å²) in [4.78, 5) is 21.4. The normalized spacial score (nSPS) is 14.2. The van der Waals surface area contributed by atoms with E-state index in [1.807, 2.05) is 59.5 Å². The van der Waals surface area contributed by atoms with Crippen molar-refractivity contribution < 1.29 is 9.53 Å². The van der Waals surface area contributed by atoms with Gasteiger partial charge in [0.2, 0.25) is 0 Å². The van der Waals surface area contributed by atoms with E-state index >= 15 is 0 Å². The molecule has 0 saturated carbocycles. The first kappa shape index (κ1) is 18.0. The van der Waals surface area contributed by atoms with Crippen LogP contribution < -0.4 is 4.74 Å². The first-order chi connectivity index (χ1) is 13.7. The van der Waals surface area contributed by atoms with Crippen LogP contribution in [-0.4, -0.2) is 54.0 Å². The Hall–Kier alpha value is -3.34. The first-order valence-electron chi connectivity index (χ1n) is 9.38. The number of rotatable bonds is 4. The highest BCUT2D eigenvalue weighted by atomic mass is 16.5. The molecule has 5 heteroatoms. The Kier molecular flexibility index (Phi) is 4.98. The van der Waals surface area contributed by atoms with Crippen LogP contribution in [0.25, 0.3) is 16.6 Å². The summed E-state index contributed by atoms with van der Waals surface area (Å²) in [6.07, 6.45) is 1.76. The zero-order valence-electron chi connectivity index (χ0n) is 16.0. The highest BCUT2D eigenvalue weighted by molar-refractivity contribution is 5.98. The van der Waals surface area contributed by atoms with Crippen LogP contribution in [0.2, 0.25) is 0 Å². The summed E-state index contributed by atoms with van der Waals surface area (Å²) >= 11 is 0. The summed E-state index contributed by atoms with van der Waals surface area (Å²) in [5.41, 5.74) is 3.61. The summed E-state index contributed by atoms with van der Waals surface area (Å²) in [7, 11) is 1.66. The summed E-state index contributed by atoms with van der Waals surface area (Å²) in [5.74, 6) is 0.885. The Balaban J connectivity index is 1.42. The molecule has 1 aliphatic heterocycles. The van der Waals surface area contributed by atoms with Gasteiger partial charge in [0.15, 0.2) is 0 Å². The van der Waals surface area contributed by atoms with Gasteiger partial charge >= 0.3 is 0 Å². The first-order valence-corrected chi connectivity index (χ1v) is 9.38. The Morgan fingerprint density at radius 1 is 0.964 bits per heavy atom. The number of carbonyl (C=O) groups excluding carboxylic acids is 1. The quantitative estimate of drug-likeness (QED) is 0.700. The molecule has 4 rings (SSSR count). The number of ether oxygens (including phenoxy) is 1. The molecule has 2 heterocycles. The Morgan fingerprint density at radius 2 is 1.75 bits per heavy atom. The molecule has 1 aliphatic rings. The van der Waals surface area contributed by atoms with E-state index in [0.29, 0.717) is 18.7 Å². The SMILES string of the molecule is C=C(c1cccc(OC)c1)N1CCN(C(=O)c2ccc3ncccc3c2)CC1. The molecule has 3 aromatic rings. The van der Waals surface area contributed by atoms with Crippen LogP contribution in [0.5, 0.6) is 5.75 Å². The van der Waals surface area contributed by atoms with E-state index in [4.69, 9.17) is 4.74 Å². The molecule has 0 atom stereocenters. The van der Waals surface area contributed by atoms with Crippen molar-refractivity contribution in [1.29, 1.82) is 0 Å². The van der Waals surface area contributed by atoms with Gasteiger partial charge in [-0.1, -0.05) is 24.8 Å². The molecule has 0 aliphatic carbocycles. The van der Waals surface area contributed by atoms with Crippen molar-refractivity contribution >= 4 is 22.5 Å². The van der Waals surface area contributed by atoms with Gasteiger partial charge < -0.3 is 14.5 Å². The zero-order chi connectivity index (χ0) is 19.5. The van der Waals surface area contributed by atoms with Crippen LogP contribution in [0.15, 0.2) is 67.4 Å². The number of benzene rings is 2. The van der Waals surface area contributed by atoms with Crippen molar-refractivity contribution in [2.75, 3.05) is 33.3 Å². The summed E-state index contributed by atoms with van der Waals surface area (Å²) < 4.78 is 5.30. The van der Waals surface area contributed by atoms with Crippen molar-refractivity contribution in [3.8, 4) is 5.75 Å². The molecule has 0 unspecified atom stereocenters. The Morgan fingerprint density at radius 3 is 2.54 bits per heavy atom. The Bertz CT molecular complexity index is 1020. The third kappa shape index (κ3) is 3.56. The second kappa shape index (κ2) is 7.72. The van der Waals surface area contributed by atoms with E-state index in [0.717, 1.165) is 41.0 Å². The Labute approximate surface area is 164 Å². The number of methoxy groups -OCH3 is 1. The number of aromatic nitrogens is 1. The van der Waals surface area contributed by atoms with Gasteiger partial charge in [-0.3, -0.25) is 9.78 Å². The molecule has 28 heavy (non-hydrogen) atoms. The number of pyridine rings is 1.